The van der Waals surface area contributed by atoms with Gasteiger partial charge in [-0.25, -0.2) is 0 Å². The number of para-hydroxylation sites is 1. The lowest BCUT2D eigenvalue weighted by Crippen LogP contribution is -2.37. The van der Waals surface area contributed by atoms with Crippen LogP contribution in [0.4, 0.5) is 11.4 Å². The van der Waals surface area contributed by atoms with Crippen LogP contribution in [0.1, 0.15) is 35.1 Å². The number of rotatable bonds is 3. The van der Waals surface area contributed by atoms with E-state index in [-0.39, 0.29) is 23.7 Å². The van der Waals surface area contributed by atoms with Crippen LogP contribution in [-0.4, -0.2) is 18.4 Å². The molecule has 1 heterocycles. The first kappa shape index (κ1) is 17.8. The molecule has 1 fully saturated rings. The fourth-order valence-electron chi connectivity index (χ4n) is 4.31. The molecule has 140 valence electrons. The number of amides is 2. The van der Waals surface area contributed by atoms with Crippen LogP contribution in [0.15, 0.2) is 36.4 Å². The van der Waals surface area contributed by atoms with Crippen molar-refractivity contribution in [2.75, 3.05) is 16.8 Å². The molecule has 2 aromatic rings. The van der Waals surface area contributed by atoms with Gasteiger partial charge < -0.3 is 10.2 Å². The van der Waals surface area contributed by atoms with Crippen molar-refractivity contribution in [3.05, 3.63) is 58.7 Å². The minimum absolute atomic E-state index is 0.0336. The van der Waals surface area contributed by atoms with Crippen molar-refractivity contribution in [2.24, 2.45) is 11.8 Å². The molecule has 2 aromatic carbocycles. The number of carbonyl (C=O) groups is 2. The Balaban J connectivity index is 1.46. The summed E-state index contributed by atoms with van der Waals surface area (Å²) in [7, 11) is 0. The fourth-order valence-corrected chi connectivity index (χ4v) is 4.31. The lowest BCUT2D eigenvalue weighted by atomic mass is 10.0. The maximum atomic E-state index is 13.0. The molecule has 0 radical (unpaired) electrons. The summed E-state index contributed by atoms with van der Waals surface area (Å²) in [4.78, 5) is 27.6. The van der Waals surface area contributed by atoms with Gasteiger partial charge in [-0.1, -0.05) is 35.9 Å². The van der Waals surface area contributed by atoms with E-state index < -0.39 is 0 Å². The molecule has 0 saturated heterocycles. The first-order valence-corrected chi connectivity index (χ1v) is 9.73. The number of hydrogen-bond donors (Lipinski definition) is 1. The predicted molar refractivity (Wildman–Crippen MR) is 108 cm³/mol. The van der Waals surface area contributed by atoms with Crippen molar-refractivity contribution < 1.29 is 9.59 Å². The molecule has 1 N–H and O–H groups in total. The standard InChI is InChI=1S/C23H26N2O2/c1-14-11-15(2)21(16(3)12-14)24-22(26)18-13-19(18)23(27)25-10-6-8-17-7-4-5-9-20(17)25/h4-5,7,9,11-12,18-19H,6,8,10,13H2,1-3H3,(H,24,26). The first-order valence-electron chi connectivity index (χ1n) is 9.73. The zero-order valence-corrected chi connectivity index (χ0v) is 16.2. The van der Waals surface area contributed by atoms with Crippen LogP contribution in [0.25, 0.3) is 0 Å². The van der Waals surface area contributed by atoms with Gasteiger partial charge in [-0.2, -0.15) is 0 Å². The van der Waals surface area contributed by atoms with Crippen LogP contribution in [0.5, 0.6) is 0 Å². The second-order valence-electron chi connectivity index (χ2n) is 7.93. The minimum Gasteiger partial charge on any atom is -0.325 e. The number of hydrogen-bond acceptors (Lipinski definition) is 2. The third kappa shape index (κ3) is 3.36. The third-order valence-corrected chi connectivity index (χ3v) is 5.75. The van der Waals surface area contributed by atoms with Crippen LogP contribution >= 0.6 is 0 Å². The summed E-state index contributed by atoms with van der Waals surface area (Å²) in [6.45, 7) is 6.82. The van der Waals surface area contributed by atoms with Gasteiger partial charge in [0.05, 0.1) is 11.8 Å². The number of anilines is 2. The summed E-state index contributed by atoms with van der Waals surface area (Å²) in [5.74, 6) is -0.345. The van der Waals surface area contributed by atoms with Gasteiger partial charge in [0, 0.05) is 17.9 Å². The lowest BCUT2D eigenvalue weighted by Gasteiger charge is -2.29. The van der Waals surface area contributed by atoms with E-state index in [0.29, 0.717) is 6.42 Å². The highest BCUT2D eigenvalue weighted by Crippen LogP contribution is 2.43. The Morgan fingerprint density at radius 3 is 2.48 bits per heavy atom. The fraction of sp³-hybridized carbons (Fsp3) is 0.391. The number of fused-ring (bicyclic) bond motifs is 1. The van der Waals surface area contributed by atoms with Crippen molar-refractivity contribution >= 4 is 23.2 Å². The second-order valence-corrected chi connectivity index (χ2v) is 7.93. The number of carbonyl (C=O) groups excluding carboxylic acids is 2. The number of nitrogens with zero attached hydrogens (tertiary/aromatic N) is 1. The Kier molecular flexibility index (Phi) is 4.50. The average molecular weight is 362 g/mol. The number of nitrogens with one attached hydrogen (secondary N) is 1. The molecule has 2 unspecified atom stereocenters. The molecule has 1 aliphatic carbocycles. The van der Waals surface area contributed by atoms with Gasteiger partial charge in [0.25, 0.3) is 0 Å². The predicted octanol–water partition coefficient (Wildman–Crippen LogP) is 4.17. The highest BCUT2D eigenvalue weighted by molar-refractivity contribution is 6.05. The molecule has 1 saturated carbocycles. The largest absolute Gasteiger partial charge is 0.325 e. The second kappa shape index (κ2) is 6.84. The summed E-state index contributed by atoms with van der Waals surface area (Å²) in [5.41, 5.74) is 6.44. The minimum atomic E-state index is -0.216. The smallest absolute Gasteiger partial charge is 0.230 e. The molecule has 4 heteroatoms. The topological polar surface area (TPSA) is 49.4 Å². The molecule has 2 aliphatic rings. The monoisotopic (exact) mass is 362 g/mol. The van der Waals surface area contributed by atoms with E-state index in [9.17, 15) is 9.59 Å². The van der Waals surface area contributed by atoms with E-state index in [1.165, 1.54) is 11.1 Å². The molecule has 27 heavy (non-hydrogen) atoms. The van der Waals surface area contributed by atoms with Crippen LogP contribution in [0.3, 0.4) is 0 Å². The van der Waals surface area contributed by atoms with Crippen LogP contribution in [-0.2, 0) is 16.0 Å². The third-order valence-electron chi connectivity index (χ3n) is 5.75. The molecular formula is C23H26N2O2. The molecule has 0 aromatic heterocycles. The quantitative estimate of drug-likeness (QED) is 0.891. The average Bonchev–Trinajstić information content (AvgIpc) is 3.44. The molecule has 4 rings (SSSR count). The summed E-state index contributed by atoms with van der Waals surface area (Å²) in [6.07, 6.45) is 2.64. The Bertz CT molecular complexity index is 895. The van der Waals surface area contributed by atoms with Gasteiger partial charge in [0.1, 0.15) is 0 Å². The molecule has 1 aliphatic heterocycles. The van der Waals surface area contributed by atoms with Crippen LogP contribution < -0.4 is 10.2 Å². The highest BCUT2D eigenvalue weighted by atomic mass is 16.2. The molecule has 4 nitrogen and oxygen atoms in total. The summed E-state index contributed by atoms with van der Waals surface area (Å²) in [5, 5.41) is 3.06. The Morgan fingerprint density at radius 2 is 1.74 bits per heavy atom. The summed E-state index contributed by atoms with van der Waals surface area (Å²) in [6, 6.07) is 12.3. The summed E-state index contributed by atoms with van der Waals surface area (Å²) >= 11 is 0. The van der Waals surface area contributed by atoms with Gasteiger partial charge >= 0.3 is 0 Å². The van der Waals surface area contributed by atoms with Crippen molar-refractivity contribution in [1.82, 2.24) is 0 Å². The van der Waals surface area contributed by atoms with Crippen LogP contribution in [0, 0.1) is 32.6 Å². The van der Waals surface area contributed by atoms with E-state index in [2.05, 4.69) is 30.4 Å². The normalized spacial score (nSPS) is 20.8. The number of aryl methyl sites for hydroxylation is 4. The van der Waals surface area contributed by atoms with E-state index in [1.54, 1.807) is 0 Å². The molecule has 2 amide bonds. The molecule has 0 bridgehead atoms. The van der Waals surface area contributed by atoms with Crippen molar-refractivity contribution in [3.8, 4) is 0 Å². The van der Waals surface area contributed by atoms with Gasteiger partial charge in [-0.15, -0.1) is 0 Å². The first-order chi connectivity index (χ1) is 13.0. The molecule has 2 atom stereocenters. The highest BCUT2D eigenvalue weighted by Gasteiger charge is 2.50. The Hall–Kier alpha value is -2.62. The van der Waals surface area contributed by atoms with Gasteiger partial charge in [-0.05, 0) is 62.8 Å². The molecular weight excluding hydrogens is 336 g/mol. The number of benzene rings is 2. The van der Waals surface area contributed by atoms with Crippen molar-refractivity contribution in [1.29, 1.82) is 0 Å². The maximum absolute atomic E-state index is 13.0. The lowest BCUT2D eigenvalue weighted by molar-refractivity contribution is -0.123. The van der Waals surface area contributed by atoms with E-state index >= 15 is 0 Å². The van der Waals surface area contributed by atoms with E-state index in [4.69, 9.17) is 0 Å². The Morgan fingerprint density at radius 1 is 1.04 bits per heavy atom. The van der Waals surface area contributed by atoms with Gasteiger partial charge in [0.15, 0.2) is 0 Å². The molecule has 0 spiro atoms. The Labute approximate surface area is 160 Å². The zero-order valence-electron chi connectivity index (χ0n) is 16.2. The van der Waals surface area contributed by atoms with Crippen molar-refractivity contribution in [2.45, 2.75) is 40.0 Å². The van der Waals surface area contributed by atoms with E-state index in [1.807, 2.05) is 36.9 Å². The maximum Gasteiger partial charge on any atom is 0.230 e. The SMILES string of the molecule is Cc1cc(C)c(NC(=O)C2CC2C(=O)N2CCCc3ccccc32)c(C)c1. The van der Waals surface area contributed by atoms with Gasteiger partial charge in [0.2, 0.25) is 11.8 Å². The van der Waals surface area contributed by atoms with E-state index in [0.717, 1.165) is 41.9 Å². The van der Waals surface area contributed by atoms with Crippen molar-refractivity contribution in [3.63, 3.8) is 0 Å². The van der Waals surface area contributed by atoms with Crippen LogP contribution in [0.2, 0.25) is 0 Å². The zero-order chi connectivity index (χ0) is 19.1. The summed E-state index contributed by atoms with van der Waals surface area (Å²) < 4.78 is 0. The van der Waals surface area contributed by atoms with Gasteiger partial charge in [-0.3, -0.25) is 9.59 Å².